The molecule has 0 rings (SSSR count). The molecule has 0 spiro atoms. The Morgan fingerprint density at radius 3 is 1.83 bits per heavy atom. The van der Waals surface area contributed by atoms with Crippen molar-refractivity contribution in [1.82, 2.24) is 0 Å². The molecule has 0 heterocycles. The molecule has 0 aromatic rings. The molecule has 0 radical (unpaired) electrons. The van der Waals surface area contributed by atoms with E-state index in [4.69, 9.17) is 0 Å². The van der Waals surface area contributed by atoms with E-state index >= 15 is 0 Å². The van der Waals surface area contributed by atoms with Gasteiger partial charge in [-0.15, -0.1) is 0 Å². The van der Waals surface area contributed by atoms with Crippen LogP contribution in [0.1, 0.15) is 0 Å². The van der Waals surface area contributed by atoms with Gasteiger partial charge >= 0.3 is 0 Å². The van der Waals surface area contributed by atoms with Gasteiger partial charge in [0.15, 0.2) is 0 Å². The highest BCUT2D eigenvalue weighted by molar-refractivity contribution is 7.91. The molecule has 0 fully saturated rings. The molecule has 0 aliphatic carbocycles. The molecular weight excluding hydrogens is 98.9 g/mol. The largest absolute Gasteiger partial charge is 0.230 e. The molecule has 0 aromatic carbocycles. The lowest BCUT2D eigenvalue weighted by Crippen LogP contribution is -2.00. The zero-order valence-electron chi connectivity index (χ0n) is 3.93. The molecule has 0 aromatic heterocycles. The standard InChI is InChI=1S/C2H7BO2S/c1-6(4,5)2-3/h2-3H2,1H3. The van der Waals surface area contributed by atoms with Crippen LogP contribution >= 0.6 is 0 Å². The summed E-state index contributed by atoms with van der Waals surface area (Å²) in [5.74, 6) is 0. The minimum absolute atomic E-state index is 0.243. The summed E-state index contributed by atoms with van der Waals surface area (Å²) < 4.78 is 20.0. The lowest BCUT2D eigenvalue weighted by Gasteiger charge is -1.80. The van der Waals surface area contributed by atoms with Crippen LogP contribution in [0.3, 0.4) is 0 Å². The van der Waals surface area contributed by atoms with E-state index < -0.39 is 9.84 Å². The molecule has 0 N–H and O–H groups in total. The highest BCUT2D eigenvalue weighted by Crippen LogP contribution is 1.71. The molecular formula is C2H7BO2S. The minimum atomic E-state index is -2.66. The van der Waals surface area contributed by atoms with Crippen LogP contribution in [0.4, 0.5) is 0 Å². The Bertz CT molecular complexity index is 114. The Morgan fingerprint density at radius 1 is 1.67 bits per heavy atom. The maximum absolute atomic E-state index is 10.0. The Labute approximate surface area is 38.9 Å². The van der Waals surface area contributed by atoms with Gasteiger partial charge in [-0.25, -0.2) is 8.42 Å². The average molecular weight is 106 g/mol. The van der Waals surface area contributed by atoms with Gasteiger partial charge < -0.3 is 0 Å². The van der Waals surface area contributed by atoms with Crippen molar-refractivity contribution in [2.24, 2.45) is 0 Å². The summed E-state index contributed by atoms with van der Waals surface area (Å²) in [6, 6.07) is 0. The fourth-order valence-corrected chi connectivity index (χ4v) is 0. The molecule has 0 amide bonds. The van der Waals surface area contributed by atoms with Crippen molar-refractivity contribution >= 4 is 17.7 Å². The molecule has 0 atom stereocenters. The Hall–Kier alpha value is 0.0149. The quantitative estimate of drug-likeness (QED) is 0.386. The molecule has 0 saturated heterocycles. The molecule has 36 valence electrons. The minimum Gasteiger partial charge on any atom is -0.230 e. The second-order valence-corrected chi connectivity index (χ2v) is 3.64. The van der Waals surface area contributed by atoms with Crippen LogP contribution in [0.5, 0.6) is 0 Å². The molecule has 4 heteroatoms. The average Bonchev–Trinajstić information content (AvgIpc) is 1.35. The van der Waals surface area contributed by atoms with Crippen LogP contribution < -0.4 is 0 Å². The zero-order chi connectivity index (χ0) is 5.21. The number of hydrogen-bond donors (Lipinski definition) is 0. The van der Waals surface area contributed by atoms with Crippen molar-refractivity contribution in [2.45, 2.75) is 0 Å². The topological polar surface area (TPSA) is 34.1 Å². The summed E-state index contributed by atoms with van der Waals surface area (Å²) in [6.07, 6.45) is 1.22. The molecule has 0 saturated carbocycles. The molecule has 0 aliphatic rings. The molecule has 6 heavy (non-hydrogen) atoms. The first-order valence-electron chi connectivity index (χ1n) is 1.74. The van der Waals surface area contributed by atoms with Gasteiger partial charge in [-0.1, -0.05) is 0 Å². The van der Waals surface area contributed by atoms with Crippen LogP contribution in [0.2, 0.25) is 0 Å². The van der Waals surface area contributed by atoms with E-state index in [9.17, 15) is 8.42 Å². The third-order valence-corrected chi connectivity index (χ3v) is 1.57. The van der Waals surface area contributed by atoms with Gasteiger partial charge in [0.1, 0.15) is 17.7 Å². The van der Waals surface area contributed by atoms with Crippen molar-refractivity contribution in [2.75, 3.05) is 11.9 Å². The van der Waals surface area contributed by atoms with Crippen molar-refractivity contribution in [3.63, 3.8) is 0 Å². The molecule has 0 aliphatic heterocycles. The highest BCUT2D eigenvalue weighted by Gasteiger charge is 1.90. The van der Waals surface area contributed by atoms with Crippen LogP contribution in [0.15, 0.2) is 0 Å². The van der Waals surface area contributed by atoms with Gasteiger partial charge in [0, 0.05) is 11.9 Å². The van der Waals surface area contributed by atoms with Crippen LogP contribution in [-0.2, 0) is 9.84 Å². The van der Waals surface area contributed by atoms with Crippen molar-refractivity contribution in [3.05, 3.63) is 0 Å². The molecule has 2 nitrogen and oxygen atoms in total. The monoisotopic (exact) mass is 106 g/mol. The van der Waals surface area contributed by atoms with Gasteiger partial charge in [-0.2, -0.15) is 0 Å². The van der Waals surface area contributed by atoms with Crippen molar-refractivity contribution in [3.8, 4) is 0 Å². The number of hydrogen-bond acceptors (Lipinski definition) is 2. The van der Waals surface area contributed by atoms with Crippen LogP contribution in [-0.4, -0.2) is 28.2 Å². The van der Waals surface area contributed by atoms with Crippen molar-refractivity contribution in [1.29, 1.82) is 0 Å². The predicted octanol–water partition coefficient (Wildman–Crippen LogP) is -1.38. The lowest BCUT2D eigenvalue weighted by atomic mass is 10.2. The van der Waals surface area contributed by atoms with E-state index in [-0.39, 0.29) is 5.65 Å². The SMILES string of the molecule is BCS(C)(=O)=O. The van der Waals surface area contributed by atoms with Gasteiger partial charge in [0.05, 0.1) is 0 Å². The maximum atomic E-state index is 10.0. The Balaban J connectivity index is 3.85. The summed E-state index contributed by atoms with van der Waals surface area (Å²) in [7, 11) is -1.04. The van der Waals surface area contributed by atoms with Crippen LogP contribution in [0.25, 0.3) is 0 Å². The fraction of sp³-hybridized carbons (Fsp3) is 1.00. The smallest absolute Gasteiger partial charge is 0.140 e. The summed E-state index contributed by atoms with van der Waals surface area (Å²) >= 11 is 0. The summed E-state index contributed by atoms with van der Waals surface area (Å²) in [4.78, 5) is 0. The van der Waals surface area contributed by atoms with Gasteiger partial charge in [0.2, 0.25) is 0 Å². The first-order chi connectivity index (χ1) is 2.56. The van der Waals surface area contributed by atoms with E-state index in [0.717, 1.165) is 0 Å². The fourth-order valence-electron chi connectivity index (χ4n) is 0. The van der Waals surface area contributed by atoms with Crippen LogP contribution in [0, 0.1) is 0 Å². The highest BCUT2D eigenvalue weighted by atomic mass is 32.2. The van der Waals surface area contributed by atoms with Gasteiger partial charge in [0.25, 0.3) is 0 Å². The first-order valence-corrected chi connectivity index (χ1v) is 3.80. The van der Waals surface area contributed by atoms with Gasteiger partial charge in [-0.05, 0) is 0 Å². The Kier molecular flexibility index (Phi) is 1.65. The summed E-state index contributed by atoms with van der Waals surface area (Å²) in [5.41, 5.74) is 0.243. The van der Waals surface area contributed by atoms with E-state index in [1.54, 1.807) is 7.85 Å². The predicted molar refractivity (Wildman–Crippen MR) is 28.3 cm³/mol. The summed E-state index contributed by atoms with van der Waals surface area (Å²) in [6.45, 7) is 0. The van der Waals surface area contributed by atoms with E-state index in [1.165, 1.54) is 6.26 Å². The zero-order valence-corrected chi connectivity index (χ0v) is 4.75. The summed E-state index contributed by atoms with van der Waals surface area (Å²) in [5, 5.41) is 0. The number of sulfone groups is 1. The van der Waals surface area contributed by atoms with Crippen molar-refractivity contribution < 1.29 is 8.42 Å². The second-order valence-electron chi connectivity index (χ2n) is 1.21. The third-order valence-electron chi connectivity index (χ3n) is 0.524. The normalized spacial score (nSPS) is 11.5. The molecule has 0 unspecified atom stereocenters. The lowest BCUT2D eigenvalue weighted by molar-refractivity contribution is 0.606. The Morgan fingerprint density at radius 2 is 1.83 bits per heavy atom. The molecule has 0 bridgehead atoms. The second kappa shape index (κ2) is 1.64. The third kappa shape index (κ3) is 4.01. The first kappa shape index (κ1) is 6.01. The van der Waals surface area contributed by atoms with E-state index in [1.807, 2.05) is 0 Å². The van der Waals surface area contributed by atoms with E-state index in [2.05, 4.69) is 0 Å². The number of rotatable bonds is 1. The van der Waals surface area contributed by atoms with Gasteiger partial charge in [-0.3, -0.25) is 0 Å². The maximum Gasteiger partial charge on any atom is 0.140 e. The van der Waals surface area contributed by atoms with E-state index in [0.29, 0.717) is 0 Å².